The predicted octanol–water partition coefficient (Wildman–Crippen LogP) is 2.11. The molecule has 2 N–H and O–H groups in total. The molecule has 3 rings (SSSR count). The molecule has 0 amide bonds. The SMILES string of the molecule is CCC1CCCCN1CC(=O)c1c(N)n(Cc2ccccc2)c(=O)n(CC)c1=O. The van der Waals surface area contributed by atoms with Gasteiger partial charge in [0.25, 0.3) is 5.56 Å². The number of likely N-dealkylation sites (tertiary alicyclic amines) is 1. The van der Waals surface area contributed by atoms with Crippen molar-refractivity contribution in [1.82, 2.24) is 14.0 Å². The normalized spacial score (nSPS) is 17.4. The van der Waals surface area contributed by atoms with E-state index in [-0.39, 0.29) is 36.8 Å². The second-order valence-corrected chi connectivity index (χ2v) is 7.62. The summed E-state index contributed by atoms with van der Waals surface area (Å²) in [5.74, 6) is -0.347. The Balaban J connectivity index is 2.01. The van der Waals surface area contributed by atoms with Gasteiger partial charge in [-0.3, -0.25) is 23.6 Å². The van der Waals surface area contributed by atoms with Crippen LogP contribution in [0.25, 0.3) is 0 Å². The van der Waals surface area contributed by atoms with Gasteiger partial charge in [-0.1, -0.05) is 43.7 Å². The zero-order chi connectivity index (χ0) is 21.0. The highest BCUT2D eigenvalue weighted by atomic mass is 16.2. The molecule has 7 heteroatoms. The Labute approximate surface area is 170 Å². The molecule has 1 aliphatic heterocycles. The van der Waals surface area contributed by atoms with Gasteiger partial charge < -0.3 is 5.73 Å². The molecule has 0 spiro atoms. The zero-order valence-corrected chi connectivity index (χ0v) is 17.3. The van der Waals surface area contributed by atoms with Crippen molar-refractivity contribution in [3.63, 3.8) is 0 Å². The van der Waals surface area contributed by atoms with Gasteiger partial charge in [0, 0.05) is 12.6 Å². The summed E-state index contributed by atoms with van der Waals surface area (Å²) in [4.78, 5) is 41.0. The molecule has 0 bridgehead atoms. The van der Waals surface area contributed by atoms with Crippen LogP contribution in [-0.4, -0.2) is 38.9 Å². The minimum absolute atomic E-state index is 0.0383. The number of anilines is 1. The molecule has 0 radical (unpaired) electrons. The average molecular weight is 399 g/mol. The third kappa shape index (κ3) is 4.34. The Morgan fingerprint density at radius 2 is 1.83 bits per heavy atom. The fraction of sp³-hybridized carbons (Fsp3) is 0.500. The Hall–Kier alpha value is -2.67. The van der Waals surface area contributed by atoms with Crippen molar-refractivity contribution in [2.45, 2.75) is 58.7 Å². The second-order valence-electron chi connectivity index (χ2n) is 7.62. The van der Waals surface area contributed by atoms with Gasteiger partial charge in [0.05, 0.1) is 13.1 Å². The van der Waals surface area contributed by atoms with Gasteiger partial charge in [0.2, 0.25) is 0 Å². The smallest absolute Gasteiger partial charge is 0.332 e. The van der Waals surface area contributed by atoms with Gasteiger partial charge in [0.15, 0.2) is 5.78 Å². The second kappa shape index (κ2) is 9.22. The first-order valence-electron chi connectivity index (χ1n) is 10.4. The molecule has 1 fully saturated rings. The summed E-state index contributed by atoms with van der Waals surface area (Å²) >= 11 is 0. The molecule has 156 valence electrons. The van der Waals surface area contributed by atoms with Crippen molar-refractivity contribution in [2.24, 2.45) is 0 Å². The van der Waals surface area contributed by atoms with E-state index in [2.05, 4.69) is 11.8 Å². The average Bonchev–Trinajstić information content (AvgIpc) is 2.72. The summed E-state index contributed by atoms with van der Waals surface area (Å²) < 4.78 is 2.43. The number of Topliss-reactive ketones (excluding diaryl/α,β-unsaturated/α-hetero) is 1. The number of nitrogen functional groups attached to an aromatic ring is 1. The van der Waals surface area contributed by atoms with Crippen LogP contribution in [-0.2, 0) is 13.1 Å². The summed E-state index contributed by atoms with van der Waals surface area (Å²) in [6.45, 7) is 5.24. The number of rotatable bonds is 7. The van der Waals surface area contributed by atoms with Crippen LogP contribution in [0.4, 0.5) is 5.82 Å². The molecular weight excluding hydrogens is 368 g/mol. The minimum Gasteiger partial charge on any atom is -0.384 e. The third-order valence-electron chi connectivity index (χ3n) is 5.81. The molecule has 1 aromatic carbocycles. The maximum absolute atomic E-state index is 13.1. The Morgan fingerprint density at radius 3 is 2.48 bits per heavy atom. The van der Waals surface area contributed by atoms with E-state index in [1.54, 1.807) is 6.92 Å². The van der Waals surface area contributed by atoms with E-state index in [0.29, 0.717) is 6.04 Å². The van der Waals surface area contributed by atoms with E-state index >= 15 is 0 Å². The highest BCUT2D eigenvalue weighted by Crippen LogP contribution is 2.20. The van der Waals surface area contributed by atoms with Crippen LogP contribution >= 0.6 is 0 Å². The first-order chi connectivity index (χ1) is 14.0. The highest BCUT2D eigenvalue weighted by Gasteiger charge is 2.27. The summed E-state index contributed by atoms with van der Waals surface area (Å²) in [6, 6.07) is 9.75. The number of aromatic nitrogens is 2. The van der Waals surface area contributed by atoms with Gasteiger partial charge in [0.1, 0.15) is 11.4 Å². The molecule has 2 heterocycles. The molecule has 0 saturated carbocycles. The molecule has 1 atom stereocenters. The Morgan fingerprint density at radius 1 is 1.10 bits per heavy atom. The Kier molecular flexibility index (Phi) is 6.69. The molecule has 1 saturated heterocycles. The van der Waals surface area contributed by atoms with Gasteiger partial charge in [-0.15, -0.1) is 0 Å². The summed E-state index contributed by atoms with van der Waals surface area (Å²) in [5.41, 5.74) is 5.98. The van der Waals surface area contributed by atoms with E-state index in [4.69, 9.17) is 5.73 Å². The number of ketones is 1. The van der Waals surface area contributed by atoms with Crippen molar-refractivity contribution in [1.29, 1.82) is 0 Å². The number of carbonyl (C=O) groups excluding carboxylic acids is 1. The topological polar surface area (TPSA) is 90.3 Å². The minimum atomic E-state index is -0.589. The van der Waals surface area contributed by atoms with Crippen molar-refractivity contribution in [3.05, 3.63) is 62.3 Å². The molecule has 29 heavy (non-hydrogen) atoms. The monoisotopic (exact) mass is 398 g/mol. The number of hydrogen-bond acceptors (Lipinski definition) is 5. The van der Waals surface area contributed by atoms with Crippen LogP contribution in [0.3, 0.4) is 0 Å². The lowest BCUT2D eigenvalue weighted by atomic mass is 9.99. The molecule has 7 nitrogen and oxygen atoms in total. The third-order valence-corrected chi connectivity index (χ3v) is 5.81. The number of carbonyl (C=O) groups is 1. The van der Waals surface area contributed by atoms with Crippen molar-refractivity contribution < 1.29 is 4.79 Å². The largest absolute Gasteiger partial charge is 0.384 e. The van der Waals surface area contributed by atoms with Gasteiger partial charge in [-0.25, -0.2) is 4.79 Å². The molecule has 2 aromatic rings. The van der Waals surface area contributed by atoms with Crippen LogP contribution in [0.5, 0.6) is 0 Å². The number of nitrogens with two attached hydrogens (primary N) is 1. The lowest BCUT2D eigenvalue weighted by Crippen LogP contribution is -2.47. The van der Waals surface area contributed by atoms with Crippen LogP contribution in [0.2, 0.25) is 0 Å². The Bertz CT molecular complexity index is 978. The number of nitrogens with zero attached hydrogens (tertiary/aromatic N) is 3. The maximum atomic E-state index is 13.1. The fourth-order valence-electron chi connectivity index (χ4n) is 4.17. The van der Waals surface area contributed by atoms with Gasteiger partial charge in [-0.05, 0) is 38.3 Å². The van der Waals surface area contributed by atoms with Crippen molar-refractivity contribution in [2.75, 3.05) is 18.8 Å². The van der Waals surface area contributed by atoms with Crippen molar-refractivity contribution in [3.8, 4) is 0 Å². The highest BCUT2D eigenvalue weighted by molar-refractivity contribution is 6.01. The quantitative estimate of drug-likeness (QED) is 0.722. The van der Waals surface area contributed by atoms with Gasteiger partial charge in [-0.2, -0.15) is 0 Å². The summed E-state index contributed by atoms with van der Waals surface area (Å²) in [7, 11) is 0. The lowest BCUT2D eigenvalue weighted by Gasteiger charge is -2.34. The molecule has 0 aliphatic carbocycles. The standard InChI is InChI=1S/C22H30N4O3/c1-3-17-12-8-9-13-24(17)15-18(27)19-20(23)26(14-16-10-6-5-7-11-16)22(29)25(4-2)21(19)28/h5-7,10-11,17H,3-4,8-9,12-15,23H2,1-2H3. The summed E-state index contributed by atoms with van der Waals surface area (Å²) in [6.07, 6.45) is 4.24. The van der Waals surface area contributed by atoms with E-state index in [1.165, 1.54) is 4.57 Å². The maximum Gasteiger partial charge on any atom is 0.332 e. The fourth-order valence-corrected chi connectivity index (χ4v) is 4.17. The van der Waals surface area contributed by atoms with Crippen LogP contribution in [0.1, 0.15) is 55.5 Å². The first-order valence-corrected chi connectivity index (χ1v) is 10.4. The molecule has 1 unspecified atom stereocenters. The predicted molar refractivity (Wildman–Crippen MR) is 114 cm³/mol. The number of hydrogen-bond donors (Lipinski definition) is 1. The van der Waals surface area contributed by atoms with Crippen LogP contribution in [0.15, 0.2) is 39.9 Å². The first kappa shape index (κ1) is 21.0. The van der Waals surface area contributed by atoms with E-state index < -0.39 is 11.2 Å². The lowest BCUT2D eigenvalue weighted by molar-refractivity contribution is 0.0836. The van der Waals surface area contributed by atoms with E-state index in [1.807, 2.05) is 30.3 Å². The van der Waals surface area contributed by atoms with E-state index in [0.717, 1.165) is 42.4 Å². The van der Waals surface area contributed by atoms with Crippen LogP contribution in [0, 0.1) is 0 Å². The van der Waals surface area contributed by atoms with Gasteiger partial charge >= 0.3 is 5.69 Å². The molecule has 1 aromatic heterocycles. The summed E-state index contributed by atoms with van der Waals surface area (Å²) in [5, 5.41) is 0. The van der Waals surface area contributed by atoms with Crippen LogP contribution < -0.4 is 17.0 Å². The molecular formula is C22H30N4O3. The van der Waals surface area contributed by atoms with Crippen molar-refractivity contribution >= 4 is 11.6 Å². The number of benzene rings is 1. The zero-order valence-electron chi connectivity index (χ0n) is 17.3. The number of piperidine rings is 1. The van der Waals surface area contributed by atoms with E-state index in [9.17, 15) is 14.4 Å². The molecule has 1 aliphatic rings.